The highest BCUT2D eigenvalue weighted by Crippen LogP contribution is 1.77. The minimum atomic E-state index is -1.10. The van der Waals surface area contributed by atoms with Crippen LogP contribution in [0.4, 0.5) is 4.79 Å². The number of rotatable bonds is 2. The van der Waals surface area contributed by atoms with E-state index in [-0.39, 0.29) is 0 Å². The molecule has 0 rings (SSSR count). The lowest BCUT2D eigenvalue weighted by atomic mass is 10.3. The largest absolute Gasteiger partial charge is 0.480 e. The molecule has 0 saturated heterocycles. The average molecular weight is 132 g/mol. The van der Waals surface area contributed by atoms with E-state index in [1.165, 1.54) is 6.92 Å². The predicted molar refractivity (Wildman–Crippen MR) is 29.8 cm³/mol. The van der Waals surface area contributed by atoms with E-state index >= 15 is 0 Å². The Labute approximate surface area is 51.8 Å². The fourth-order valence-electron chi connectivity index (χ4n) is 0.275. The van der Waals surface area contributed by atoms with Crippen LogP contribution >= 0.6 is 0 Å². The van der Waals surface area contributed by atoms with Gasteiger partial charge in [-0.1, -0.05) is 0 Å². The number of carboxylic acids is 1. The molecule has 0 saturated carbocycles. The fraction of sp³-hybridized carbons (Fsp3) is 0.500. The van der Waals surface area contributed by atoms with Crippen molar-refractivity contribution in [2.45, 2.75) is 13.0 Å². The molecular formula is C4H8N2O3. The van der Waals surface area contributed by atoms with Gasteiger partial charge in [-0.15, -0.1) is 0 Å². The molecule has 0 aromatic heterocycles. The van der Waals surface area contributed by atoms with E-state index in [4.69, 9.17) is 5.11 Å². The average Bonchev–Trinajstić information content (AvgIpc) is 1.63. The molecule has 9 heavy (non-hydrogen) atoms. The first kappa shape index (κ1) is 7.74. The molecule has 0 fully saturated rings. The van der Waals surface area contributed by atoms with Gasteiger partial charge in [-0.2, -0.15) is 0 Å². The van der Waals surface area contributed by atoms with Crippen molar-refractivity contribution in [2.24, 2.45) is 5.73 Å². The van der Waals surface area contributed by atoms with Gasteiger partial charge in [-0.25, -0.2) is 4.79 Å². The van der Waals surface area contributed by atoms with Crippen molar-refractivity contribution in [2.75, 3.05) is 0 Å². The van der Waals surface area contributed by atoms with E-state index in [9.17, 15) is 9.59 Å². The third-order valence-corrected chi connectivity index (χ3v) is 0.729. The summed E-state index contributed by atoms with van der Waals surface area (Å²) in [7, 11) is 0. The lowest BCUT2D eigenvalue weighted by Gasteiger charge is -2.04. The first-order valence-electron chi connectivity index (χ1n) is 2.33. The van der Waals surface area contributed by atoms with Gasteiger partial charge in [0.25, 0.3) is 0 Å². The maximum Gasteiger partial charge on any atom is 0.325 e. The van der Waals surface area contributed by atoms with E-state index in [1.54, 1.807) is 0 Å². The molecule has 5 heteroatoms. The molecule has 0 aromatic carbocycles. The number of nitrogens with two attached hydrogens (primary N) is 1. The zero-order chi connectivity index (χ0) is 7.44. The van der Waals surface area contributed by atoms with Crippen LogP contribution in [-0.2, 0) is 4.79 Å². The van der Waals surface area contributed by atoms with Gasteiger partial charge in [-0.3, -0.25) is 4.79 Å². The van der Waals surface area contributed by atoms with E-state index in [2.05, 4.69) is 5.73 Å². The summed E-state index contributed by atoms with van der Waals surface area (Å²) in [5.74, 6) is -1.10. The second-order valence-corrected chi connectivity index (χ2v) is 1.57. The number of amides is 2. The predicted octanol–water partition coefficient (Wildman–Crippen LogP) is -0.872. The van der Waals surface area contributed by atoms with E-state index in [0.29, 0.717) is 0 Å². The molecule has 0 aliphatic carbocycles. The van der Waals surface area contributed by atoms with Crippen molar-refractivity contribution in [1.29, 1.82) is 0 Å². The van der Waals surface area contributed by atoms with Crippen molar-refractivity contribution >= 4 is 12.0 Å². The first-order valence-corrected chi connectivity index (χ1v) is 2.33. The summed E-state index contributed by atoms with van der Waals surface area (Å²) in [4.78, 5) is 19.9. The molecule has 2 amide bonds. The van der Waals surface area contributed by atoms with Crippen LogP contribution in [0, 0.1) is 0 Å². The summed E-state index contributed by atoms with van der Waals surface area (Å²) in [5.41, 5.74) is 4.62. The van der Waals surface area contributed by atoms with Gasteiger partial charge in [0, 0.05) is 0 Å². The topological polar surface area (TPSA) is 92.4 Å². The number of aliphatic carboxylic acids is 1. The minimum absolute atomic E-state index is 0.829. The van der Waals surface area contributed by atoms with Gasteiger partial charge in [0.15, 0.2) is 0 Å². The molecule has 0 heterocycles. The lowest BCUT2D eigenvalue weighted by molar-refractivity contribution is -0.138. The Balaban J connectivity index is 3.63. The summed E-state index contributed by atoms with van der Waals surface area (Å²) in [6.07, 6.45) is 0. The SMILES string of the molecule is CC(NC(N)=O)C(=O)O. The molecule has 4 N–H and O–H groups in total. The third kappa shape index (κ3) is 3.33. The van der Waals surface area contributed by atoms with Gasteiger partial charge >= 0.3 is 12.0 Å². The molecule has 0 bridgehead atoms. The molecule has 0 aromatic rings. The number of hydrogen-bond acceptors (Lipinski definition) is 2. The van der Waals surface area contributed by atoms with Crippen molar-refractivity contribution in [3.8, 4) is 0 Å². The molecule has 52 valence electrons. The summed E-state index contributed by atoms with van der Waals surface area (Å²) >= 11 is 0. The van der Waals surface area contributed by atoms with Crippen molar-refractivity contribution in [3.63, 3.8) is 0 Å². The number of nitrogens with one attached hydrogen (secondary N) is 1. The van der Waals surface area contributed by atoms with Gasteiger partial charge < -0.3 is 16.2 Å². The zero-order valence-corrected chi connectivity index (χ0v) is 4.92. The van der Waals surface area contributed by atoms with Crippen LogP contribution in [0.2, 0.25) is 0 Å². The maximum absolute atomic E-state index is 9.96. The third-order valence-electron chi connectivity index (χ3n) is 0.729. The maximum atomic E-state index is 9.96. The molecule has 0 aliphatic heterocycles. The van der Waals surface area contributed by atoms with Crippen LogP contribution in [0.5, 0.6) is 0 Å². The quantitative estimate of drug-likeness (QED) is 0.456. The van der Waals surface area contributed by atoms with E-state index in [0.717, 1.165) is 0 Å². The number of carbonyl (C=O) groups excluding carboxylic acids is 1. The van der Waals surface area contributed by atoms with Gasteiger partial charge in [0.05, 0.1) is 0 Å². The molecule has 1 atom stereocenters. The minimum Gasteiger partial charge on any atom is -0.480 e. The van der Waals surface area contributed by atoms with Crippen LogP contribution in [-0.4, -0.2) is 23.1 Å². The molecule has 0 spiro atoms. The summed E-state index contributed by atoms with van der Waals surface area (Å²) in [5, 5.41) is 10.1. The van der Waals surface area contributed by atoms with Gasteiger partial charge in [0.1, 0.15) is 6.04 Å². The normalized spacial score (nSPS) is 12.1. The molecule has 1 unspecified atom stereocenters. The Morgan fingerprint density at radius 1 is 1.67 bits per heavy atom. The van der Waals surface area contributed by atoms with Gasteiger partial charge in [-0.05, 0) is 6.92 Å². The van der Waals surface area contributed by atoms with Crippen LogP contribution in [0.15, 0.2) is 0 Å². The second-order valence-electron chi connectivity index (χ2n) is 1.57. The molecule has 0 aliphatic rings. The highest BCUT2D eigenvalue weighted by molar-refractivity contribution is 5.81. The monoisotopic (exact) mass is 132 g/mol. The van der Waals surface area contributed by atoms with Crippen LogP contribution in [0.3, 0.4) is 0 Å². The first-order chi connectivity index (χ1) is 4.04. The molecular weight excluding hydrogens is 124 g/mol. The van der Waals surface area contributed by atoms with Crippen LogP contribution < -0.4 is 11.1 Å². The second kappa shape index (κ2) is 2.91. The highest BCUT2D eigenvalue weighted by atomic mass is 16.4. The van der Waals surface area contributed by atoms with E-state index < -0.39 is 18.0 Å². The smallest absolute Gasteiger partial charge is 0.325 e. The van der Waals surface area contributed by atoms with E-state index in [1.807, 2.05) is 5.32 Å². The summed E-state index contributed by atoms with van der Waals surface area (Å²) in [6, 6.07) is -1.74. The Hall–Kier alpha value is -1.26. The lowest BCUT2D eigenvalue weighted by Crippen LogP contribution is -2.41. The summed E-state index contributed by atoms with van der Waals surface area (Å²) < 4.78 is 0. The Morgan fingerprint density at radius 3 is 2.22 bits per heavy atom. The fourth-order valence-corrected chi connectivity index (χ4v) is 0.275. The molecule has 0 radical (unpaired) electrons. The number of urea groups is 1. The van der Waals surface area contributed by atoms with Crippen LogP contribution in [0.25, 0.3) is 0 Å². The van der Waals surface area contributed by atoms with Crippen LogP contribution in [0.1, 0.15) is 6.92 Å². The number of primary amides is 1. The number of carbonyl (C=O) groups is 2. The standard InChI is InChI=1S/C4H8N2O3/c1-2(3(7)8)6-4(5)9/h2H,1H3,(H,7,8)(H3,5,6,9). The van der Waals surface area contributed by atoms with Crippen molar-refractivity contribution < 1.29 is 14.7 Å². The van der Waals surface area contributed by atoms with Crippen molar-refractivity contribution in [1.82, 2.24) is 5.32 Å². The Bertz CT molecular complexity index is 134. The van der Waals surface area contributed by atoms with Crippen molar-refractivity contribution in [3.05, 3.63) is 0 Å². The number of hydrogen-bond donors (Lipinski definition) is 3. The highest BCUT2D eigenvalue weighted by Gasteiger charge is 2.10. The van der Waals surface area contributed by atoms with Gasteiger partial charge in [0.2, 0.25) is 0 Å². The Morgan fingerprint density at radius 2 is 2.11 bits per heavy atom. The molecule has 5 nitrogen and oxygen atoms in total. The zero-order valence-electron chi connectivity index (χ0n) is 4.92. The Kier molecular flexibility index (Phi) is 2.50. The summed E-state index contributed by atoms with van der Waals surface area (Å²) in [6.45, 7) is 1.33. The number of carboxylic acid groups (broad SMARTS) is 1.